The Bertz CT molecular complexity index is 733. The average molecular weight is 312 g/mol. The third-order valence-corrected chi connectivity index (χ3v) is 4.78. The lowest BCUT2D eigenvalue weighted by Crippen LogP contribution is -2.53. The minimum absolute atomic E-state index is 0.129. The largest absolute Gasteiger partial charge is 0.459 e. The van der Waals surface area contributed by atoms with Gasteiger partial charge >= 0.3 is 0 Å². The van der Waals surface area contributed by atoms with Crippen molar-refractivity contribution in [3.05, 3.63) is 53.5 Å². The van der Waals surface area contributed by atoms with E-state index >= 15 is 0 Å². The van der Waals surface area contributed by atoms with Crippen molar-refractivity contribution >= 4 is 11.6 Å². The van der Waals surface area contributed by atoms with E-state index in [1.165, 1.54) is 11.3 Å². The van der Waals surface area contributed by atoms with Gasteiger partial charge in [-0.1, -0.05) is 18.2 Å². The molecule has 1 atom stereocenters. The molecule has 1 unspecified atom stereocenters. The summed E-state index contributed by atoms with van der Waals surface area (Å²) in [6, 6.07) is 10.7. The van der Waals surface area contributed by atoms with Gasteiger partial charge in [-0.15, -0.1) is 0 Å². The SMILES string of the molecule is CC1Cc2ccccc2N1Cc1ccoc1C(=O)N1CC(O)C1. The average Bonchev–Trinajstić information content (AvgIpc) is 3.09. The van der Waals surface area contributed by atoms with Gasteiger partial charge < -0.3 is 19.3 Å². The van der Waals surface area contributed by atoms with Gasteiger partial charge in [0, 0.05) is 36.9 Å². The van der Waals surface area contributed by atoms with Crippen molar-refractivity contribution in [2.45, 2.75) is 32.0 Å². The van der Waals surface area contributed by atoms with E-state index in [0.717, 1.165) is 12.0 Å². The van der Waals surface area contributed by atoms with E-state index in [-0.39, 0.29) is 5.91 Å². The first kappa shape index (κ1) is 14.3. The Morgan fingerprint density at radius 2 is 2.09 bits per heavy atom. The number of rotatable bonds is 3. The topological polar surface area (TPSA) is 56.9 Å². The molecule has 120 valence electrons. The van der Waals surface area contributed by atoms with Gasteiger partial charge in [0.25, 0.3) is 5.91 Å². The van der Waals surface area contributed by atoms with Crippen LogP contribution in [0.15, 0.2) is 41.0 Å². The fourth-order valence-corrected chi connectivity index (χ4v) is 3.47. The van der Waals surface area contributed by atoms with Crippen LogP contribution in [0, 0.1) is 0 Å². The van der Waals surface area contributed by atoms with Gasteiger partial charge in [0.1, 0.15) is 0 Å². The molecule has 2 aliphatic rings. The molecule has 1 fully saturated rings. The summed E-state index contributed by atoms with van der Waals surface area (Å²) in [6.07, 6.45) is 2.20. The molecule has 5 heteroatoms. The monoisotopic (exact) mass is 312 g/mol. The summed E-state index contributed by atoms with van der Waals surface area (Å²) in [5.41, 5.74) is 3.49. The number of para-hydroxylation sites is 1. The number of carbonyl (C=O) groups is 1. The number of β-amino-alcohol motifs (C(OH)–C–C–N with tert-alkyl or cyclic N) is 1. The van der Waals surface area contributed by atoms with E-state index in [0.29, 0.717) is 31.4 Å². The molecular weight excluding hydrogens is 292 g/mol. The van der Waals surface area contributed by atoms with Crippen LogP contribution in [0.5, 0.6) is 0 Å². The van der Waals surface area contributed by atoms with Crippen LogP contribution in [-0.2, 0) is 13.0 Å². The van der Waals surface area contributed by atoms with Crippen molar-refractivity contribution < 1.29 is 14.3 Å². The number of furan rings is 1. The molecule has 4 rings (SSSR count). The molecule has 1 saturated heterocycles. The summed E-state index contributed by atoms with van der Waals surface area (Å²) in [7, 11) is 0. The van der Waals surface area contributed by atoms with Crippen molar-refractivity contribution in [3.8, 4) is 0 Å². The Morgan fingerprint density at radius 1 is 1.30 bits per heavy atom. The van der Waals surface area contributed by atoms with Crippen molar-refractivity contribution in [3.63, 3.8) is 0 Å². The third kappa shape index (κ3) is 2.41. The van der Waals surface area contributed by atoms with Gasteiger partial charge in [-0.2, -0.15) is 0 Å². The summed E-state index contributed by atoms with van der Waals surface area (Å²) in [5.74, 6) is 0.268. The van der Waals surface area contributed by atoms with E-state index in [1.807, 2.05) is 12.1 Å². The normalized spacial score (nSPS) is 20.5. The molecule has 2 aromatic rings. The van der Waals surface area contributed by atoms with E-state index in [1.54, 1.807) is 11.2 Å². The second-order valence-corrected chi connectivity index (χ2v) is 6.45. The smallest absolute Gasteiger partial charge is 0.290 e. The first-order chi connectivity index (χ1) is 11.1. The predicted octanol–water partition coefficient (Wildman–Crippen LogP) is 2.05. The van der Waals surface area contributed by atoms with E-state index in [4.69, 9.17) is 4.42 Å². The maximum absolute atomic E-state index is 12.5. The standard InChI is InChI=1S/C18H20N2O3/c1-12-8-13-4-2-3-5-16(13)20(12)9-14-6-7-23-17(14)18(22)19-10-15(21)11-19/h2-7,12,15,21H,8-11H2,1H3. The number of anilines is 1. The highest BCUT2D eigenvalue weighted by Crippen LogP contribution is 2.33. The molecule has 2 aliphatic heterocycles. The van der Waals surface area contributed by atoms with Crippen LogP contribution < -0.4 is 4.90 Å². The fraction of sp³-hybridized carbons (Fsp3) is 0.389. The van der Waals surface area contributed by atoms with Crippen LogP contribution in [0.4, 0.5) is 5.69 Å². The van der Waals surface area contributed by atoms with E-state index in [2.05, 4.69) is 30.0 Å². The van der Waals surface area contributed by atoms with Gasteiger partial charge in [-0.25, -0.2) is 0 Å². The van der Waals surface area contributed by atoms with Crippen LogP contribution in [0.2, 0.25) is 0 Å². The number of aliphatic hydroxyl groups excluding tert-OH is 1. The predicted molar refractivity (Wildman–Crippen MR) is 86.4 cm³/mol. The first-order valence-corrected chi connectivity index (χ1v) is 8.01. The highest BCUT2D eigenvalue weighted by Gasteiger charge is 2.33. The number of hydrogen-bond donors (Lipinski definition) is 1. The Hall–Kier alpha value is -2.27. The number of fused-ring (bicyclic) bond motifs is 1. The van der Waals surface area contributed by atoms with Gasteiger partial charge in [-0.3, -0.25) is 4.79 Å². The highest BCUT2D eigenvalue weighted by atomic mass is 16.3. The lowest BCUT2D eigenvalue weighted by Gasteiger charge is -2.35. The second-order valence-electron chi connectivity index (χ2n) is 6.45. The molecule has 0 saturated carbocycles. The van der Waals surface area contributed by atoms with Crippen molar-refractivity contribution in [1.29, 1.82) is 0 Å². The molecule has 23 heavy (non-hydrogen) atoms. The Labute approximate surface area is 135 Å². The number of nitrogens with zero attached hydrogens (tertiary/aromatic N) is 2. The van der Waals surface area contributed by atoms with Gasteiger partial charge in [-0.05, 0) is 31.0 Å². The van der Waals surface area contributed by atoms with Crippen LogP contribution in [0.1, 0.15) is 28.6 Å². The molecule has 1 aromatic heterocycles. The zero-order chi connectivity index (χ0) is 16.0. The molecule has 5 nitrogen and oxygen atoms in total. The van der Waals surface area contributed by atoms with Gasteiger partial charge in [0.05, 0.1) is 12.4 Å². The number of carbonyl (C=O) groups excluding carboxylic acids is 1. The maximum atomic E-state index is 12.5. The molecule has 1 amide bonds. The van der Waals surface area contributed by atoms with Gasteiger partial charge in [0.2, 0.25) is 0 Å². The van der Waals surface area contributed by atoms with Crippen LogP contribution in [0.3, 0.4) is 0 Å². The Morgan fingerprint density at radius 3 is 2.87 bits per heavy atom. The summed E-state index contributed by atoms with van der Waals surface area (Å²) in [6.45, 7) is 3.64. The number of amides is 1. The number of hydrogen-bond acceptors (Lipinski definition) is 4. The minimum Gasteiger partial charge on any atom is -0.459 e. The number of likely N-dealkylation sites (tertiary alicyclic amines) is 1. The summed E-state index contributed by atoms with van der Waals surface area (Å²) in [5, 5.41) is 9.38. The van der Waals surface area contributed by atoms with Crippen molar-refractivity contribution in [1.82, 2.24) is 4.90 Å². The summed E-state index contributed by atoms with van der Waals surface area (Å²) < 4.78 is 5.45. The third-order valence-electron chi connectivity index (χ3n) is 4.78. The molecule has 0 aliphatic carbocycles. The lowest BCUT2D eigenvalue weighted by atomic mass is 10.1. The Balaban J connectivity index is 1.56. The van der Waals surface area contributed by atoms with Crippen LogP contribution >= 0.6 is 0 Å². The fourth-order valence-electron chi connectivity index (χ4n) is 3.47. The molecule has 1 N–H and O–H groups in total. The maximum Gasteiger partial charge on any atom is 0.290 e. The molecule has 0 radical (unpaired) electrons. The molecule has 0 spiro atoms. The van der Waals surface area contributed by atoms with Crippen molar-refractivity contribution in [2.75, 3.05) is 18.0 Å². The zero-order valence-electron chi connectivity index (χ0n) is 13.1. The second kappa shape index (κ2) is 5.42. The zero-order valence-corrected chi connectivity index (χ0v) is 13.1. The first-order valence-electron chi connectivity index (χ1n) is 8.01. The van der Waals surface area contributed by atoms with Crippen LogP contribution in [0.25, 0.3) is 0 Å². The Kier molecular flexibility index (Phi) is 3.38. The molecular formula is C18H20N2O3. The highest BCUT2D eigenvalue weighted by molar-refractivity contribution is 5.93. The summed E-state index contributed by atoms with van der Waals surface area (Å²) >= 11 is 0. The van der Waals surface area contributed by atoms with E-state index in [9.17, 15) is 9.90 Å². The molecule has 0 bridgehead atoms. The van der Waals surface area contributed by atoms with Gasteiger partial charge in [0.15, 0.2) is 5.76 Å². The minimum atomic E-state index is -0.400. The van der Waals surface area contributed by atoms with E-state index < -0.39 is 6.10 Å². The van der Waals surface area contributed by atoms with Crippen LogP contribution in [-0.4, -0.2) is 41.1 Å². The molecule has 3 heterocycles. The quantitative estimate of drug-likeness (QED) is 0.942. The van der Waals surface area contributed by atoms with Crippen molar-refractivity contribution in [2.24, 2.45) is 0 Å². The molecule has 1 aromatic carbocycles. The number of benzene rings is 1. The lowest BCUT2D eigenvalue weighted by molar-refractivity contribution is 0.00382. The number of aliphatic hydroxyl groups is 1. The summed E-state index contributed by atoms with van der Waals surface area (Å²) in [4.78, 5) is 16.4.